The molecule has 0 bridgehead atoms. The lowest BCUT2D eigenvalue weighted by molar-refractivity contribution is -0.150. The van der Waals surface area contributed by atoms with Gasteiger partial charge >= 0.3 is 5.97 Å². The minimum Gasteiger partial charge on any atom is -0.480 e. The highest BCUT2D eigenvalue weighted by Gasteiger charge is 2.42. The van der Waals surface area contributed by atoms with Gasteiger partial charge in [0.2, 0.25) is 5.91 Å². The topological polar surface area (TPSA) is 75.6 Å². The Hall–Kier alpha value is -1.10. The van der Waals surface area contributed by atoms with Gasteiger partial charge in [-0.15, -0.1) is 0 Å². The Morgan fingerprint density at radius 2 is 2.00 bits per heavy atom. The molecular weight excluding hydrogens is 246 g/mol. The molecule has 1 aliphatic rings. The van der Waals surface area contributed by atoms with Crippen LogP contribution in [-0.2, 0) is 14.3 Å². The molecule has 0 saturated heterocycles. The normalized spacial score (nSPS) is 26.9. The van der Waals surface area contributed by atoms with Gasteiger partial charge in [0.1, 0.15) is 12.1 Å². The zero-order valence-corrected chi connectivity index (χ0v) is 11.9. The maximum atomic E-state index is 11.8. The van der Waals surface area contributed by atoms with Gasteiger partial charge in [0, 0.05) is 6.61 Å². The number of unbranched alkanes of at least 4 members (excludes halogenated alkanes) is 1. The van der Waals surface area contributed by atoms with Crippen LogP contribution in [-0.4, -0.2) is 35.7 Å². The number of carboxylic acid groups (broad SMARTS) is 1. The molecule has 0 atom stereocenters. The van der Waals surface area contributed by atoms with Crippen LogP contribution < -0.4 is 5.32 Å². The second-order valence-electron chi connectivity index (χ2n) is 5.52. The van der Waals surface area contributed by atoms with Crippen LogP contribution in [0.2, 0.25) is 0 Å². The summed E-state index contributed by atoms with van der Waals surface area (Å²) in [7, 11) is 0. The van der Waals surface area contributed by atoms with E-state index in [1.54, 1.807) is 0 Å². The van der Waals surface area contributed by atoms with E-state index in [2.05, 4.69) is 12.2 Å². The molecule has 1 rings (SSSR count). The summed E-state index contributed by atoms with van der Waals surface area (Å²) in [6, 6.07) is 0. The van der Waals surface area contributed by atoms with Gasteiger partial charge in [0.25, 0.3) is 0 Å². The molecule has 1 amide bonds. The van der Waals surface area contributed by atoms with Crippen molar-refractivity contribution in [1.82, 2.24) is 5.32 Å². The minimum atomic E-state index is -1.09. The largest absolute Gasteiger partial charge is 0.480 e. The third kappa shape index (κ3) is 4.82. The van der Waals surface area contributed by atoms with E-state index in [9.17, 15) is 14.7 Å². The molecule has 5 heteroatoms. The first-order valence-electron chi connectivity index (χ1n) is 7.12. The minimum absolute atomic E-state index is 0.0510. The summed E-state index contributed by atoms with van der Waals surface area (Å²) in [5.74, 6) is -0.723. The first-order valence-corrected chi connectivity index (χ1v) is 7.12. The van der Waals surface area contributed by atoms with Crippen molar-refractivity contribution in [3.8, 4) is 0 Å². The number of carbonyl (C=O) groups is 2. The molecule has 0 unspecified atom stereocenters. The van der Waals surface area contributed by atoms with Crippen molar-refractivity contribution in [3.05, 3.63) is 0 Å². The van der Waals surface area contributed by atoms with E-state index in [-0.39, 0.29) is 12.5 Å². The highest BCUT2D eigenvalue weighted by atomic mass is 16.5. The summed E-state index contributed by atoms with van der Waals surface area (Å²) in [5, 5.41) is 12.0. The monoisotopic (exact) mass is 271 g/mol. The molecule has 19 heavy (non-hydrogen) atoms. The highest BCUT2D eigenvalue weighted by molar-refractivity contribution is 5.87. The van der Waals surface area contributed by atoms with Gasteiger partial charge in [0.15, 0.2) is 0 Å². The van der Waals surface area contributed by atoms with Crippen LogP contribution in [0.5, 0.6) is 0 Å². The van der Waals surface area contributed by atoms with Crippen LogP contribution in [0.3, 0.4) is 0 Å². The Kier molecular flexibility index (Phi) is 6.28. The number of aliphatic carboxylic acids is 1. The summed E-state index contributed by atoms with van der Waals surface area (Å²) in [4.78, 5) is 23.2. The van der Waals surface area contributed by atoms with Crippen LogP contribution in [0.25, 0.3) is 0 Å². The second kappa shape index (κ2) is 7.48. The number of ether oxygens (including phenoxy) is 1. The van der Waals surface area contributed by atoms with Crippen molar-refractivity contribution in [1.29, 1.82) is 0 Å². The van der Waals surface area contributed by atoms with Crippen LogP contribution in [0, 0.1) is 5.92 Å². The first kappa shape index (κ1) is 16.0. The third-order valence-corrected chi connectivity index (χ3v) is 3.79. The molecule has 110 valence electrons. The van der Waals surface area contributed by atoms with Gasteiger partial charge < -0.3 is 15.2 Å². The molecule has 0 radical (unpaired) electrons. The summed E-state index contributed by atoms with van der Waals surface area (Å²) >= 11 is 0. The van der Waals surface area contributed by atoms with Gasteiger partial charge in [-0.1, -0.05) is 20.3 Å². The fourth-order valence-electron chi connectivity index (χ4n) is 2.36. The number of carbonyl (C=O) groups excluding carboxylic acids is 1. The number of hydrogen-bond acceptors (Lipinski definition) is 3. The lowest BCUT2D eigenvalue weighted by Crippen LogP contribution is -2.57. The fourth-order valence-corrected chi connectivity index (χ4v) is 2.36. The maximum Gasteiger partial charge on any atom is 0.329 e. The predicted molar refractivity (Wildman–Crippen MR) is 71.9 cm³/mol. The smallest absolute Gasteiger partial charge is 0.329 e. The average Bonchev–Trinajstić information content (AvgIpc) is 2.37. The van der Waals surface area contributed by atoms with E-state index < -0.39 is 11.5 Å². The standard InChI is InChI=1S/C14H25NO4/c1-3-4-9-19-10-12(16)15-14(13(17)18)7-5-11(2)6-8-14/h11H,3-10H2,1-2H3,(H,15,16)(H,17,18). The van der Waals surface area contributed by atoms with E-state index in [4.69, 9.17) is 4.74 Å². The van der Waals surface area contributed by atoms with E-state index >= 15 is 0 Å². The summed E-state index contributed by atoms with van der Waals surface area (Å²) in [5.41, 5.74) is -1.09. The van der Waals surface area contributed by atoms with Crippen molar-refractivity contribution in [3.63, 3.8) is 0 Å². The fraction of sp³-hybridized carbons (Fsp3) is 0.857. The lowest BCUT2D eigenvalue weighted by atomic mass is 9.77. The zero-order chi connectivity index (χ0) is 14.3. The first-order chi connectivity index (χ1) is 9.00. The van der Waals surface area contributed by atoms with Crippen LogP contribution >= 0.6 is 0 Å². The van der Waals surface area contributed by atoms with Crippen molar-refractivity contribution in [2.45, 2.75) is 57.9 Å². The van der Waals surface area contributed by atoms with Crippen LogP contribution in [0.4, 0.5) is 0 Å². The van der Waals surface area contributed by atoms with E-state index in [0.717, 1.165) is 25.7 Å². The Labute approximate surface area is 114 Å². The summed E-state index contributed by atoms with van der Waals surface area (Å²) in [6.07, 6.45) is 4.61. The number of nitrogens with one attached hydrogen (secondary N) is 1. The average molecular weight is 271 g/mol. The Morgan fingerprint density at radius 3 is 2.53 bits per heavy atom. The molecule has 0 aromatic rings. The molecule has 2 N–H and O–H groups in total. The van der Waals surface area contributed by atoms with Gasteiger partial charge in [0.05, 0.1) is 0 Å². The molecule has 0 aromatic heterocycles. The number of carboxylic acids is 1. The number of amides is 1. The van der Waals surface area contributed by atoms with Gasteiger partial charge in [-0.25, -0.2) is 4.79 Å². The van der Waals surface area contributed by atoms with E-state index in [1.807, 2.05) is 6.92 Å². The molecule has 1 aliphatic carbocycles. The van der Waals surface area contributed by atoms with Crippen molar-refractivity contribution < 1.29 is 19.4 Å². The Balaban J connectivity index is 2.45. The summed E-state index contributed by atoms with van der Waals surface area (Å²) in [6.45, 7) is 4.65. The maximum absolute atomic E-state index is 11.8. The summed E-state index contributed by atoms with van der Waals surface area (Å²) < 4.78 is 5.22. The van der Waals surface area contributed by atoms with Gasteiger partial charge in [-0.05, 0) is 38.0 Å². The Morgan fingerprint density at radius 1 is 1.37 bits per heavy atom. The van der Waals surface area contributed by atoms with Crippen molar-refractivity contribution >= 4 is 11.9 Å². The van der Waals surface area contributed by atoms with Crippen LogP contribution in [0.1, 0.15) is 52.4 Å². The third-order valence-electron chi connectivity index (χ3n) is 3.79. The Bertz CT molecular complexity index is 309. The highest BCUT2D eigenvalue weighted by Crippen LogP contribution is 2.32. The van der Waals surface area contributed by atoms with E-state index in [0.29, 0.717) is 25.4 Å². The molecule has 1 saturated carbocycles. The quantitative estimate of drug-likeness (QED) is 0.694. The molecule has 5 nitrogen and oxygen atoms in total. The molecule has 0 heterocycles. The number of hydrogen-bond donors (Lipinski definition) is 2. The van der Waals surface area contributed by atoms with Crippen molar-refractivity contribution in [2.24, 2.45) is 5.92 Å². The van der Waals surface area contributed by atoms with Crippen LogP contribution in [0.15, 0.2) is 0 Å². The second-order valence-corrected chi connectivity index (χ2v) is 5.52. The molecule has 0 spiro atoms. The van der Waals surface area contributed by atoms with E-state index in [1.165, 1.54) is 0 Å². The molecular formula is C14H25NO4. The molecule has 1 fully saturated rings. The van der Waals surface area contributed by atoms with Crippen molar-refractivity contribution in [2.75, 3.05) is 13.2 Å². The SMILES string of the molecule is CCCCOCC(=O)NC1(C(=O)O)CCC(C)CC1. The molecule has 0 aromatic carbocycles. The predicted octanol–water partition coefficient (Wildman–Crippen LogP) is 1.95. The molecule has 0 aliphatic heterocycles. The number of rotatable bonds is 7. The van der Waals surface area contributed by atoms with Gasteiger partial charge in [-0.3, -0.25) is 4.79 Å². The zero-order valence-electron chi connectivity index (χ0n) is 11.9. The van der Waals surface area contributed by atoms with Gasteiger partial charge in [-0.2, -0.15) is 0 Å². The lowest BCUT2D eigenvalue weighted by Gasteiger charge is -2.36.